The fourth-order valence-corrected chi connectivity index (χ4v) is 6.20. The van der Waals surface area contributed by atoms with Gasteiger partial charge in [-0.15, -0.1) is 0 Å². The highest BCUT2D eigenvalue weighted by Crippen LogP contribution is 2.44. The molecule has 1 saturated heterocycles. The highest BCUT2D eigenvalue weighted by atomic mass is 79.9. The Bertz CT molecular complexity index is 1470. The lowest BCUT2D eigenvalue weighted by Crippen LogP contribution is -2.34. The average Bonchev–Trinajstić information content (AvgIpc) is 3.20. The number of fused-ring (bicyclic) bond motifs is 1. The molecule has 1 aliphatic carbocycles. The Labute approximate surface area is 253 Å². The number of halogens is 2. The van der Waals surface area contributed by atoms with Crippen LogP contribution in [0.15, 0.2) is 72.8 Å². The van der Waals surface area contributed by atoms with E-state index < -0.39 is 24.3 Å². The van der Waals surface area contributed by atoms with Crippen LogP contribution < -0.4 is 9.64 Å². The van der Waals surface area contributed by atoms with Gasteiger partial charge in [-0.3, -0.25) is 19.3 Å². The van der Waals surface area contributed by atoms with Crippen molar-refractivity contribution in [2.45, 2.75) is 29.4 Å². The topological polar surface area (TPSA) is 107 Å². The summed E-state index contributed by atoms with van der Waals surface area (Å²) in [4.78, 5) is 64.8. The van der Waals surface area contributed by atoms with E-state index in [4.69, 9.17) is 9.47 Å². The molecule has 1 saturated carbocycles. The smallest absolute Gasteiger partial charge is 0.343 e. The second kappa shape index (κ2) is 12.1. The minimum absolute atomic E-state index is 0.111. The summed E-state index contributed by atoms with van der Waals surface area (Å²) in [7, 11) is 0. The molecule has 5 rings (SSSR count). The van der Waals surface area contributed by atoms with Crippen molar-refractivity contribution in [3.05, 3.63) is 95.1 Å². The van der Waals surface area contributed by atoms with Gasteiger partial charge in [0.25, 0.3) is 0 Å². The standard InChI is InChI=1S/C31H25Br2NO7/c1-17-2-4-20(5-3-17)31(39)41-22-12-8-18(9-13-22)27(35)16-40-30(38)19-6-10-21(11-7-19)34-28(36)23-14-25(32)26(33)15-24(23)29(34)37/h2-13,23-26H,14-16H2,1H3/t23-,24+,25-,26-/m0/s1. The summed E-state index contributed by atoms with van der Waals surface area (Å²) in [6.07, 6.45) is 1.14. The van der Waals surface area contributed by atoms with Crippen LogP contribution in [0.4, 0.5) is 5.69 Å². The van der Waals surface area contributed by atoms with Gasteiger partial charge in [-0.1, -0.05) is 49.6 Å². The number of carbonyl (C=O) groups excluding carboxylic acids is 5. The van der Waals surface area contributed by atoms with Gasteiger partial charge >= 0.3 is 11.9 Å². The number of hydrogen-bond donors (Lipinski definition) is 0. The Morgan fingerprint density at radius 2 is 1.22 bits per heavy atom. The van der Waals surface area contributed by atoms with E-state index in [0.717, 1.165) is 5.56 Å². The summed E-state index contributed by atoms with van der Waals surface area (Å²) >= 11 is 7.16. The number of anilines is 1. The maximum atomic E-state index is 13.0. The van der Waals surface area contributed by atoms with Crippen LogP contribution >= 0.6 is 31.9 Å². The Kier molecular flexibility index (Phi) is 8.51. The number of esters is 2. The Hall–Kier alpha value is -3.63. The number of benzene rings is 3. The van der Waals surface area contributed by atoms with Crippen LogP contribution in [0.3, 0.4) is 0 Å². The summed E-state index contributed by atoms with van der Waals surface area (Å²) in [6, 6.07) is 18.9. The second-order valence-corrected chi connectivity index (χ2v) is 12.4. The van der Waals surface area contributed by atoms with Crippen molar-refractivity contribution in [2.24, 2.45) is 11.8 Å². The molecular weight excluding hydrogens is 658 g/mol. The van der Waals surface area contributed by atoms with Crippen LogP contribution in [-0.2, 0) is 14.3 Å². The normalized spacial score (nSPS) is 21.8. The predicted octanol–water partition coefficient (Wildman–Crippen LogP) is 5.68. The number of rotatable bonds is 7. The molecule has 2 amide bonds. The molecule has 4 atom stereocenters. The zero-order valence-electron chi connectivity index (χ0n) is 21.9. The number of Topliss-reactive ketones (excluding diaryl/α,β-unsaturated/α-hetero) is 1. The van der Waals surface area contributed by atoms with Crippen molar-refractivity contribution in [1.82, 2.24) is 0 Å². The number of alkyl halides is 2. The number of hydrogen-bond acceptors (Lipinski definition) is 7. The molecule has 10 heteroatoms. The number of amides is 2. The minimum Gasteiger partial charge on any atom is -0.454 e. The van der Waals surface area contributed by atoms with Crippen molar-refractivity contribution in [3.8, 4) is 5.75 Å². The molecule has 0 unspecified atom stereocenters. The van der Waals surface area contributed by atoms with Crippen LogP contribution in [0.2, 0.25) is 0 Å². The monoisotopic (exact) mass is 681 g/mol. The van der Waals surface area contributed by atoms with Gasteiger partial charge in [-0.05, 0) is 80.4 Å². The average molecular weight is 683 g/mol. The Balaban J connectivity index is 1.15. The van der Waals surface area contributed by atoms with Gasteiger partial charge in [0, 0.05) is 15.2 Å². The summed E-state index contributed by atoms with van der Waals surface area (Å²) in [6.45, 7) is 1.43. The number of imide groups is 1. The van der Waals surface area contributed by atoms with E-state index in [0.29, 0.717) is 24.1 Å². The summed E-state index contributed by atoms with van der Waals surface area (Å²) in [5, 5.41) is 0. The molecule has 210 valence electrons. The van der Waals surface area contributed by atoms with E-state index in [1.54, 1.807) is 12.1 Å². The number of carbonyl (C=O) groups is 5. The van der Waals surface area contributed by atoms with E-state index in [9.17, 15) is 24.0 Å². The van der Waals surface area contributed by atoms with Gasteiger partial charge in [-0.25, -0.2) is 9.59 Å². The van der Waals surface area contributed by atoms with Gasteiger partial charge in [0.15, 0.2) is 12.4 Å². The highest BCUT2D eigenvalue weighted by Gasteiger charge is 2.52. The molecular formula is C31H25Br2NO7. The molecule has 2 aliphatic rings. The maximum absolute atomic E-state index is 13.0. The number of ether oxygens (including phenoxy) is 2. The molecule has 3 aromatic carbocycles. The van der Waals surface area contributed by atoms with E-state index in [2.05, 4.69) is 31.9 Å². The van der Waals surface area contributed by atoms with Gasteiger partial charge in [-0.2, -0.15) is 0 Å². The van der Waals surface area contributed by atoms with E-state index in [1.165, 1.54) is 53.4 Å². The first-order valence-corrected chi connectivity index (χ1v) is 14.8. The second-order valence-electron chi connectivity index (χ2n) is 10.1. The van der Waals surface area contributed by atoms with Crippen LogP contribution in [0.5, 0.6) is 5.75 Å². The van der Waals surface area contributed by atoms with Crippen LogP contribution in [0.25, 0.3) is 0 Å². The molecule has 0 aromatic heterocycles. The van der Waals surface area contributed by atoms with Crippen molar-refractivity contribution >= 4 is 67.1 Å². The maximum Gasteiger partial charge on any atom is 0.343 e. The fraction of sp³-hybridized carbons (Fsp3) is 0.258. The lowest BCUT2D eigenvalue weighted by atomic mass is 9.81. The van der Waals surface area contributed by atoms with E-state index in [1.807, 2.05) is 19.1 Å². The summed E-state index contributed by atoms with van der Waals surface area (Å²) in [5.74, 6) is -2.60. The predicted molar refractivity (Wildman–Crippen MR) is 158 cm³/mol. The summed E-state index contributed by atoms with van der Waals surface area (Å²) in [5.41, 5.74) is 2.29. The number of nitrogens with zero attached hydrogens (tertiary/aromatic N) is 1. The zero-order chi connectivity index (χ0) is 29.3. The molecule has 41 heavy (non-hydrogen) atoms. The quantitative estimate of drug-likeness (QED) is 0.104. The van der Waals surface area contributed by atoms with E-state index in [-0.39, 0.29) is 50.2 Å². The number of aryl methyl sites for hydroxylation is 1. The van der Waals surface area contributed by atoms with Gasteiger partial charge in [0.2, 0.25) is 11.8 Å². The van der Waals surface area contributed by atoms with Crippen LogP contribution in [0, 0.1) is 18.8 Å². The highest BCUT2D eigenvalue weighted by molar-refractivity contribution is 9.12. The lowest BCUT2D eigenvalue weighted by molar-refractivity contribution is -0.122. The minimum atomic E-state index is -0.717. The fourth-order valence-electron chi connectivity index (χ4n) is 4.96. The molecule has 0 bridgehead atoms. The van der Waals surface area contributed by atoms with Crippen LogP contribution in [0.1, 0.15) is 49.5 Å². The molecule has 8 nitrogen and oxygen atoms in total. The van der Waals surface area contributed by atoms with Gasteiger partial charge < -0.3 is 9.47 Å². The lowest BCUT2D eigenvalue weighted by Gasteiger charge is -2.29. The molecule has 2 fully saturated rings. The van der Waals surface area contributed by atoms with Crippen molar-refractivity contribution < 1.29 is 33.4 Å². The third-order valence-electron chi connectivity index (χ3n) is 7.28. The van der Waals surface area contributed by atoms with Gasteiger partial charge in [0.05, 0.1) is 28.7 Å². The summed E-state index contributed by atoms with van der Waals surface area (Å²) < 4.78 is 10.5. The third-order valence-corrected chi connectivity index (χ3v) is 10.0. The van der Waals surface area contributed by atoms with E-state index >= 15 is 0 Å². The zero-order valence-corrected chi connectivity index (χ0v) is 25.1. The first-order valence-electron chi connectivity index (χ1n) is 13.0. The molecule has 0 radical (unpaired) electrons. The Morgan fingerprint density at radius 1 is 0.732 bits per heavy atom. The third kappa shape index (κ3) is 6.18. The molecule has 1 aliphatic heterocycles. The largest absolute Gasteiger partial charge is 0.454 e. The Morgan fingerprint density at radius 3 is 1.78 bits per heavy atom. The first-order chi connectivity index (χ1) is 19.6. The molecule has 3 aromatic rings. The molecule has 0 spiro atoms. The first kappa shape index (κ1) is 28.9. The molecule has 0 N–H and O–H groups in total. The number of ketones is 1. The van der Waals surface area contributed by atoms with Crippen molar-refractivity contribution in [1.29, 1.82) is 0 Å². The molecule has 1 heterocycles. The van der Waals surface area contributed by atoms with Crippen LogP contribution in [-0.4, -0.2) is 45.8 Å². The van der Waals surface area contributed by atoms with Crippen molar-refractivity contribution in [3.63, 3.8) is 0 Å². The SMILES string of the molecule is Cc1ccc(C(=O)Oc2ccc(C(=O)COC(=O)c3ccc(N4C(=O)[C@H]5C[C@H](Br)[C@@H](Br)C[C@H]5C4=O)cc3)cc2)cc1. The van der Waals surface area contributed by atoms with Crippen molar-refractivity contribution in [2.75, 3.05) is 11.5 Å². The van der Waals surface area contributed by atoms with Gasteiger partial charge in [0.1, 0.15) is 5.75 Å².